The van der Waals surface area contributed by atoms with Crippen LogP contribution in [0.2, 0.25) is 0 Å². The van der Waals surface area contributed by atoms with Crippen molar-refractivity contribution in [1.29, 1.82) is 0 Å². The maximum absolute atomic E-state index is 13.0. The molecule has 0 fully saturated rings. The van der Waals surface area contributed by atoms with Gasteiger partial charge in [0.05, 0.1) is 39.9 Å². The molecule has 0 saturated carbocycles. The lowest BCUT2D eigenvalue weighted by atomic mass is 10.0. The van der Waals surface area contributed by atoms with E-state index in [0.29, 0.717) is 17.4 Å². The van der Waals surface area contributed by atoms with Crippen LogP contribution in [-0.4, -0.2) is 68.5 Å². The monoisotopic (exact) mass is 1160 g/mol. The number of hydrogen-bond donors (Lipinski definition) is 2. The van der Waals surface area contributed by atoms with Crippen LogP contribution in [0.5, 0.6) is 0 Å². The zero-order chi connectivity index (χ0) is 59.1. The van der Waals surface area contributed by atoms with Crippen LogP contribution in [0.4, 0.5) is 0 Å². The molecule has 3 atom stereocenters. The Kier molecular flexibility index (Phi) is 62.7. The van der Waals surface area contributed by atoms with Gasteiger partial charge in [0.25, 0.3) is 7.82 Å². The Morgan fingerprint density at radius 1 is 0.420 bits per heavy atom. The number of quaternary nitrogens is 1. The number of phosphoric ester groups is 1. The summed E-state index contributed by atoms with van der Waals surface area (Å²) in [6, 6.07) is -0.885. The molecular formula is C72H143N2O6P. The van der Waals surface area contributed by atoms with E-state index in [-0.39, 0.29) is 19.1 Å². The third kappa shape index (κ3) is 66.4. The molecule has 1 amide bonds. The van der Waals surface area contributed by atoms with Gasteiger partial charge in [0, 0.05) is 6.42 Å². The fourth-order valence-electron chi connectivity index (χ4n) is 11.3. The number of amides is 1. The topological polar surface area (TPSA) is 108 Å². The van der Waals surface area contributed by atoms with E-state index in [4.69, 9.17) is 9.05 Å². The average molecular weight is 1160 g/mol. The standard InChI is InChI=1S/C72H143N2O6P/c1-6-8-10-12-14-16-18-20-22-24-26-28-30-32-34-36-37-38-40-42-44-46-48-50-52-54-56-58-60-62-64-66-72(76)73-70(69-80-81(77,78)79-68-67-74(3,4)5)71(75)65-63-61-59-57-55-53-51-49-47-45-43-41-39-35-33-31-29-27-25-23-21-19-17-15-13-11-9-7-2/h24,26,63,65,70-71,75H,6-23,25,27-62,64,66-69H2,1-5H3,(H-,73,76,77,78)/b26-24-,65-63+. The van der Waals surface area contributed by atoms with Crippen molar-refractivity contribution in [3.05, 3.63) is 24.3 Å². The van der Waals surface area contributed by atoms with Crippen LogP contribution >= 0.6 is 7.82 Å². The van der Waals surface area contributed by atoms with Crippen molar-refractivity contribution in [2.24, 2.45) is 0 Å². The number of aliphatic hydroxyl groups excluding tert-OH is 1. The highest BCUT2D eigenvalue weighted by Crippen LogP contribution is 2.38. The molecule has 0 aliphatic carbocycles. The third-order valence-electron chi connectivity index (χ3n) is 16.9. The maximum Gasteiger partial charge on any atom is 0.268 e. The Morgan fingerprint density at radius 2 is 0.679 bits per heavy atom. The first-order valence-electron chi connectivity index (χ1n) is 36.2. The van der Waals surface area contributed by atoms with Gasteiger partial charge in [0.2, 0.25) is 5.91 Å². The number of nitrogens with one attached hydrogen (secondary N) is 1. The highest BCUT2D eigenvalue weighted by molar-refractivity contribution is 7.45. The minimum atomic E-state index is -4.60. The number of allylic oxidation sites excluding steroid dienone is 3. The third-order valence-corrected chi connectivity index (χ3v) is 17.9. The molecule has 9 heteroatoms. The van der Waals surface area contributed by atoms with Gasteiger partial charge in [0.1, 0.15) is 13.2 Å². The van der Waals surface area contributed by atoms with Crippen LogP contribution in [0.1, 0.15) is 380 Å². The second-order valence-corrected chi connectivity index (χ2v) is 27.7. The Labute approximate surface area is 506 Å². The SMILES string of the molecule is CCCCCCCCCC/C=C\CCCCCCCCCCCCCCCCCCCCCC(=O)NC(COP(=O)([O-])OCC[N+](C)(C)C)C(O)/C=C/CCCCCCCCCCCCCCCCCCCCCCCCCCCC. The fraction of sp³-hybridized carbons (Fsp3) is 0.931. The number of likely N-dealkylation sites (N-methyl/N-ethyl adjacent to an activating group) is 1. The Morgan fingerprint density at radius 3 is 0.963 bits per heavy atom. The molecule has 0 radical (unpaired) electrons. The minimum absolute atomic E-state index is 0.00199. The van der Waals surface area contributed by atoms with E-state index in [9.17, 15) is 19.4 Å². The predicted octanol–water partition coefficient (Wildman–Crippen LogP) is 22.4. The zero-order valence-electron chi connectivity index (χ0n) is 55.3. The molecular weight excluding hydrogens is 1020 g/mol. The number of carbonyl (C=O) groups excluding carboxylic acids is 1. The van der Waals surface area contributed by atoms with E-state index in [2.05, 4.69) is 31.3 Å². The summed E-state index contributed by atoms with van der Waals surface area (Å²) in [5, 5.41) is 14.0. The molecule has 8 nitrogen and oxygen atoms in total. The van der Waals surface area contributed by atoms with E-state index < -0.39 is 20.0 Å². The number of nitrogens with zero attached hydrogens (tertiary/aromatic N) is 1. The number of unbranched alkanes of at least 4 members (excludes halogenated alkanes) is 53. The van der Waals surface area contributed by atoms with Crippen molar-refractivity contribution in [1.82, 2.24) is 5.32 Å². The number of phosphoric acid groups is 1. The van der Waals surface area contributed by atoms with Gasteiger partial charge in [-0.15, -0.1) is 0 Å². The second-order valence-electron chi connectivity index (χ2n) is 26.3. The molecule has 0 rings (SSSR count). The molecule has 0 heterocycles. The molecule has 0 aromatic rings. The van der Waals surface area contributed by atoms with Gasteiger partial charge in [-0.25, -0.2) is 0 Å². The van der Waals surface area contributed by atoms with Crippen molar-refractivity contribution >= 4 is 13.7 Å². The predicted molar refractivity (Wildman–Crippen MR) is 353 cm³/mol. The van der Waals surface area contributed by atoms with Crippen LogP contribution in [0.25, 0.3) is 0 Å². The summed E-state index contributed by atoms with van der Waals surface area (Å²) in [7, 11) is 1.28. The lowest BCUT2D eigenvalue weighted by Crippen LogP contribution is -2.45. The first-order valence-corrected chi connectivity index (χ1v) is 37.7. The second kappa shape index (κ2) is 63.5. The highest BCUT2D eigenvalue weighted by Gasteiger charge is 2.23. The Bertz CT molecular complexity index is 1370. The summed E-state index contributed by atoms with van der Waals surface area (Å²) in [4.78, 5) is 25.6. The van der Waals surface area contributed by atoms with Crippen LogP contribution in [-0.2, 0) is 18.4 Å². The van der Waals surface area contributed by atoms with Gasteiger partial charge >= 0.3 is 0 Å². The molecule has 0 spiro atoms. The van der Waals surface area contributed by atoms with E-state index in [1.807, 2.05) is 27.2 Å². The van der Waals surface area contributed by atoms with Crippen LogP contribution < -0.4 is 10.2 Å². The van der Waals surface area contributed by atoms with Gasteiger partial charge in [0.15, 0.2) is 0 Å². The van der Waals surface area contributed by atoms with E-state index in [1.54, 1.807) is 6.08 Å². The normalized spacial score (nSPS) is 13.7. The first kappa shape index (κ1) is 80.0. The largest absolute Gasteiger partial charge is 0.756 e. The van der Waals surface area contributed by atoms with E-state index in [1.165, 1.54) is 321 Å². The summed E-state index contributed by atoms with van der Waals surface area (Å²) < 4.78 is 23.5. The Balaban J connectivity index is 4.02. The molecule has 0 bridgehead atoms. The quantitative estimate of drug-likeness (QED) is 0.0272. The molecule has 2 N–H and O–H groups in total. The van der Waals surface area contributed by atoms with Crippen LogP contribution in [0, 0.1) is 0 Å². The molecule has 0 aliphatic rings. The number of carbonyl (C=O) groups is 1. The van der Waals surface area contributed by atoms with Crippen molar-refractivity contribution < 1.29 is 32.9 Å². The Hall–Kier alpha value is -1.02. The molecule has 0 aromatic heterocycles. The molecule has 81 heavy (non-hydrogen) atoms. The van der Waals surface area contributed by atoms with Crippen LogP contribution in [0.3, 0.4) is 0 Å². The van der Waals surface area contributed by atoms with Crippen molar-refractivity contribution in [3.8, 4) is 0 Å². The molecule has 482 valence electrons. The highest BCUT2D eigenvalue weighted by atomic mass is 31.2. The summed E-state index contributed by atoms with van der Waals surface area (Å²) >= 11 is 0. The molecule has 3 unspecified atom stereocenters. The van der Waals surface area contributed by atoms with Gasteiger partial charge < -0.3 is 28.8 Å². The summed E-state index contributed by atoms with van der Waals surface area (Å²) in [5.74, 6) is -0.188. The summed E-state index contributed by atoms with van der Waals surface area (Å²) in [6.07, 6.45) is 83.1. The van der Waals surface area contributed by atoms with Gasteiger partial charge in [-0.05, 0) is 44.9 Å². The fourth-order valence-corrected chi connectivity index (χ4v) is 12.0. The van der Waals surface area contributed by atoms with Crippen molar-refractivity contribution in [3.63, 3.8) is 0 Å². The molecule has 0 aliphatic heterocycles. The lowest BCUT2D eigenvalue weighted by molar-refractivity contribution is -0.870. The number of rotatable bonds is 68. The lowest BCUT2D eigenvalue weighted by Gasteiger charge is -2.29. The van der Waals surface area contributed by atoms with Gasteiger partial charge in [-0.1, -0.05) is 353 Å². The van der Waals surface area contributed by atoms with Crippen molar-refractivity contribution in [2.45, 2.75) is 392 Å². The van der Waals surface area contributed by atoms with Gasteiger partial charge in [-0.3, -0.25) is 9.36 Å². The molecule has 0 saturated heterocycles. The first-order chi connectivity index (χ1) is 39.5. The summed E-state index contributed by atoms with van der Waals surface area (Å²) in [6.45, 7) is 4.72. The minimum Gasteiger partial charge on any atom is -0.756 e. The number of aliphatic hydroxyl groups is 1. The van der Waals surface area contributed by atoms with E-state index in [0.717, 1.165) is 38.5 Å². The van der Waals surface area contributed by atoms with Crippen molar-refractivity contribution in [2.75, 3.05) is 40.9 Å². The van der Waals surface area contributed by atoms with Gasteiger partial charge in [-0.2, -0.15) is 0 Å². The summed E-state index contributed by atoms with van der Waals surface area (Å²) in [5.41, 5.74) is 0. The number of hydrogen-bond acceptors (Lipinski definition) is 6. The van der Waals surface area contributed by atoms with E-state index >= 15 is 0 Å². The molecule has 0 aromatic carbocycles. The smallest absolute Gasteiger partial charge is 0.268 e. The average Bonchev–Trinajstić information content (AvgIpc) is 3.43. The van der Waals surface area contributed by atoms with Crippen LogP contribution in [0.15, 0.2) is 24.3 Å². The maximum atomic E-state index is 13.0. The zero-order valence-corrected chi connectivity index (χ0v) is 56.2.